The highest BCUT2D eigenvalue weighted by Crippen LogP contribution is 2.33. The molecule has 0 aromatic heterocycles. The van der Waals surface area contributed by atoms with Crippen LogP contribution in [0.2, 0.25) is 0 Å². The molecule has 1 fully saturated rings. The standard InChI is InChI=1S/C14H17BrF3NO2/c15-10-8-9(6-7-13(10)21-14(16,17)18)19-11-4-2-1-3-5-12(11)20/h6-8,11-12,19-20H,1-5H2. The molecule has 1 aliphatic carbocycles. The van der Waals surface area contributed by atoms with Crippen LogP contribution in [0.3, 0.4) is 0 Å². The largest absolute Gasteiger partial charge is 0.573 e. The molecule has 1 aromatic rings. The summed E-state index contributed by atoms with van der Waals surface area (Å²) in [7, 11) is 0. The Hall–Kier alpha value is -0.950. The van der Waals surface area contributed by atoms with E-state index >= 15 is 0 Å². The first-order valence-corrected chi connectivity index (χ1v) is 7.64. The van der Waals surface area contributed by atoms with Gasteiger partial charge in [0.1, 0.15) is 5.75 Å². The van der Waals surface area contributed by atoms with E-state index in [4.69, 9.17) is 0 Å². The first kappa shape index (κ1) is 16.4. The molecule has 2 atom stereocenters. The van der Waals surface area contributed by atoms with Gasteiger partial charge in [-0.25, -0.2) is 0 Å². The van der Waals surface area contributed by atoms with Gasteiger partial charge in [0.25, 0.3) is 0 Å². The van der Waals surface area contributed by atoms with E-state index in [9.17, 15) is 18.3 Å². The molecular formula is C14H17BrF3NO2. The van der Waals surface area contributed by atoms with Crippen molar-refractivity contribution in [3.05, 3.63) is 22.7 Å². The van der Waals surface area contributed by atoms with Crippen molar-refractivity contribution in [3.63, 3.8) is 0 Å². The Morgan fingerprint density at radius 2 is 1.90 bits per heavy atom. The molecule has 0 saturated heterocycles. The van der Waals surface area contributed by atoms with E-state index in [1.807, 2.05) is 0 Å². The molecule has 118 valence electrons. The highest BCUT2D eigenvalue weighted by molar-refractivity contribution is 9.10. The van der Waals surface area contributed by atoms with Gasteiger partial charge in [0.05, 0.1) is 16.6 Å². The minimum atomic E-state index is -4.71. The summed E-state index contributed by atoms with van der Waals surface area (Å²) < 4.78 is 40.7. The summed E-state index contributed by atoms with van der Waals surface area (Å²) in [6.45, 7) is 0. The number of hydrogen-bond acceptors (Lipinski definition) is 3. The van der Waals surface area contributed by atoms with E-state index in [0.29, 0.717) is 5.69 Å². The molecule has 0 heterocycles. The predicted molar refractivity (Wildman–Crippen MR) is 77.3 cm³/mol. The number of halogens is 4. The van der Waals surface area contributed by atoms with Crippen LogP contribution in [0.5, 0.6) is 5.75 Å². The lowest BCUT2D eigenvalue weighted by Crippen LogP contribution is -2.32. The Balaban J connectivity index is 2.05. The molecule has 0 radical (unpaired) electrons. The Morgan fingerprint density at radius 1 is 1.19 bits per heavy atom. The van der Waals surface area contributed by atoms with E-state index in [0.717, 1.165) is 32.1 Å². The molecule has 21 heavy (non-hydrogen) atoms. The van der Waals surface area contributed by atoms with E-state index < -0.39 is 12.5 Å². The topological polar surface area (TPSA) is 41.5 Å². The summed E-state index contributed by atoms with van der Waals surface area (Å²) in [5.41, 5.74) is 0.655. The summed E-state index contributed by atoms with van der Waals surface area (Å²) >= 11 is 3.07. The van der Waals surface area contributed by atoms with Crippen LogP contribution in [0.25, 0.3) is 0 Å². The first-order chi connectivity index (χ1) is 9.85. The van der Waals surface area contributed by atoms with Gasteiger partial charge in [-0.1, -0.05) is 19.3 Å². The fourth-order valence-electron chi connectivity index (χ4n) is 2.47. The zero-order valence-electron chi connectivity index (χ0n) is 11.3. The number of hydrogen-bond donors (Lipinski definition) is 2. The van der Waals surface area contributed by atoms with Gasteiger partial charge in [-0.3, -0.25) is 0 Å². The minimum absolute atomic E-state index is 0.0752. The highest BCUT2D eigenvalue weighted by Gasteiger charge is 2.32. The maximum Gasteiger partial charge on any atom is 0.573 e. The molecule has 0 bridgehead atoms. The van der Waals surface area contributed by atoms with Gasteiger partial charge in [0.2, 0.25) is 0 Å². The van der Waals surface area contributed by atoms with Crippen LogP contribution in [0.15, 0.2) is 22.7 Å². The van der Waals surface area contributed by atoms with Gasteiger partial charge in [0, 0.05) is 5.69 Å². The maximum absolute atomic E-state index is 12.2. The molecule has 2 unspecified atom stereocenters. The average molecular weight is 368 g/mol. The molecule has 2 N–H and O–H groups in total. The van der Waals surface area contributed by atoms with Crippen LogP contribution in [0.1, 0.15) is 32.1 Å². The monoisotopic (exact) mass is 367 g/mol. The summed E-state index contributed by atoms with van der Waals surface area (Å²) in [6.07, 6.45) is -0.427. The van der Waals surface area contributed by atoms with Gasteiger partial charge < -0.3 is 15.2 Å². The maximum atomic E-state index is 12.2. The van der Waals surface area contributed by atoms with Crippen LogP contribution >= 0.6 is 15.9 Å². The van der Waals surface area contributed by atoms with E-state index in [-0.39, 0.29) is 16.3 Å². The highest BCUT2D eigenvalue weighted by atomic mass is 79.9. The van der Waals surface area contributed by atoms with Gasteiger partial charge in [-0.15, -0.1) is 13.2 Å². The second-order valence-corrected chi connectivity index (χ2v) is 6.00. The number of ether oxygens (including phenoxy) is 1. The third kappa shape index (κ3) is 5.07. The van der Waals surface area contributed by atoms with Crippen molar-refractivity contribution in [2.45, 2.75) is 50.6 Å². The molecule has 0 amide bonds. The van der Waals surface area contributed by atoms with Crippen molar-refractivity contribution >= 4 is 21.6 Å². The molecule has 0 spiro atoms. The zero-order valence-corrected chi connectivity index (χ0v) is 12.9. The second kappa shape index (κ2) is 6.87. The summed E-state index contributed by atoms with van der Waals surface area (Å²) in [5, 5.41) is 13.2. The van der Waals surface area contributed by atoms with Crippen molar-refractivity contribution in [1.82, 2.24) is 0 Å². The SMILES string of the molecule is OC1CCCCCC1Nc1ccc(OC(F)(F)F)c(Br)c1. The van der Waals surface area contributed by atoms with Crippen molar-refractivity contribution in [2.75, 3.05) is 5.32 Å². The number of alkyl halides is 3. The molecule has 3 nitrogen and oxygen atoms in total. The molecule has 1 saturated carbocycles. The van der Waals surface area contributed by atoms with Crippen molar-refractivity contribution in [1.29, 1.82) is 0 Å². The molecule has 1 aliphatic rings. The summed E-state index contributed by atoms with van der Waals surface area (Å²) in [5.74, 6) is -0.283. The predicted octanol–water partition coefficient (Wildman–Crippen LogP) is 4.45. The lowest BCUT2D eigenvalue weighted by atomic mass is 10.1. The second-order valence-electron chi connectivity index (χ2n) is 5.15. The van der Waals surface area contributed by atoms with E-state index in [1.54, 1.807) is 0 Å². The Bertz CT molecular complexity index is 482. The number of aliphatic hydroxyl groups is 1. The van der Waals surface area contributed by atoms with Crippen LogP contribution in [0, 0.1) is 0 Å². The Kier molecular flexibility index (Phi) is 5.37. The normalized spacial score (nSPS) is 23.5. The quantitative estimate of drug-likeness (QED) is 0.775. The fourth-order valence-corrected chi connectivity index (χ4v) is 2.93. The van der Waals surface area contributed by atoms with Crippen LogP contribution < -0.4 is 10.1 Å². The lowest BCUT2D eigenvalue weighted by molar-refractivity contribution is -0.274. The van der Waals surface area contributed by atoms with Gasteiger partial charge in [0.15, 0.2) is 0 Å². The smallest absolute Gasteiger partial charge is 0.405 e. The lowest BCUT2D eigenvalue weighted by Gasteiger charge is -2.23. The molecule has 7 heteroatoms. The summed E-state index contributed by atoms with van der Waals surface area (Å²) in [4.78, 5) is 0. The fraction of sp³-hybridized carbons (Fsp3) is 0.571. The average Bonchev–Trinajstić information content (AvgIpc) is 2.57. The summed E-state index contributed by atoms with van der Waals surface area (Å²) in [6, 6.07) is 4.22. The van der Waals surface area contributed by atoms with Gasteiger partial charge >= 0.3 is 6.36 Å². The third-order valence-corrected chi connectivity index (χ3v) is 4.11. The van der Waals surface area contributed by atoms with Gasteiger partial charge in [-0.2, -0.15) is 0 Å². The number of rotatable bonds is 3. The first-order valence-electron chi connectivity index (χ1n) is 6.85. The van der Waals surface area contributed by atoms with E-state index in [2.05, 4.69) is 26.0 Å². The number of nitrogens with one attached hydrogen (secondary N) is 1. The zero-order chi connectivity index (χ0) is 15.5. The minimum Gasteiger partial charge on any atom is -0.405 e. The molecular weight excluding hydrogens is 351 g/mol. The molecule has 2 rings (SSSR count). The van der Waals surface area contributed by atoms with E-state index in [1.165, 1.54) is 18.2 Å². The van der Waals surface area contributed by atoms with Crippen LogP contribution in [0.4, 0.5) is 18.9 Å². The third-order valence-electron chi connectivity index (χ3n) is 3.49. The van der Waals surface area contributed by atoms with Gasteiger partial charge in [-0.05, 0) is 47.0 Å². The van der Waals surface area contributed by atoms with Crippen LogP contribution in [-0.2, 0) is 0 Å². The molecule has 1 aromatic carbocycles. The Morgan fingerprint density at radius 3 is 2.57 bits per heavy atom. The molecule has 0 aliphatic heterocycles. The number of aliphatic hydroxyl groups excluding tert-OH is 1. The van der Waals surface area contributed by atoms with Crippen molar-refractivity contribution in [3.8, 4) is 5.75 Å². The number of anilines is 1. The van der Waals surface area contributed by atoms with Crippen LogP contribution in [-0.4, -0.2) is 23.6 Å². The number of benzene rings is 1. The Labute approximate surface area is 129 Å². The van der Waals surface area contributed by atoms with Crippen molar-refractivity contribution in [2.24, 2.45) is 0 Å². The van der Waals surface area contributed by atoms with Crippen molar-refractivity contribution < 1.29 is 23.0 Å².